The van der Waals surface area contributed by atoms with Gasteiger partial charge in [0.2, 0.25) is 0 Å². The number of morpholine rings is 1. The Morgan fingerprint density at radius 1 is 1.38 bits per heavy atom. The molecular weight excluding hydrogens is 324 g/mol. The minimum absolute atomic E-state index is 0.407. The molecule has 3 heterocycles. The lowest BCUT2D eigenvalue weighted by Crippen LogP contribution is -2.43. The Balaban J connectivity index is 1.44. The molecule has 2 aromatic heterocycles. The summed E-state index contributed by atoms with van der Waals surface area (Å²) < 4.78 is 7.53. The number of hydrogen-bond donors (Lipinski definition) is 0. The van der Waals surface area contributed by atoms with Crippen LogP contribution in [0.2, 0.25) is 0 Å². The molecule has 4 rings (SSSR count). The number of tetrazole rings is 1. The molecule has 2 aliphatic rings. The summed E-state index contributed by atoms with van der Waals surface area (Å²) >= 11 is 1.84. The number of rotatable bonds is 7. The average molecular weight is 348 g/mol. The SMILES string of the molecule is CN(Cc1nnnn1C1CC1)C[C@@H](c1cccs1)N1CCOCC1. The summed E-state index contributed by atoms with van der Waals surface area (Å²) in [5.41, 5.74) is 0. The van der Waals surface area contributed by atoms with Crippen molar-refractivity contribution in [3.05, 3.63) is 28.2 Å². The van der Waals surface area contributed by atoms with Crippen LogP contribution in [0.3, 0.4) is 0 Å². The molecular formula is C16H24N6OS. The molecule has 0 radical (unpaired) electrons. The van der Waals surface area contributed by atoms with Crippen molar-refractivity contribution in [2.24, 2.45) is 0 Å². The molecule has 8 heteroatoms. The molecule has 0 amide bonds. The van der Waals surface area contributed by atoms with E-state index in [1.807, 2.05) is 16.0 Å². The molecule has 0 aromatic carbocycles. The Morgan fingerprint density at radius 2 is 2.21 bits per heavy atom. The van der Waals surface area contributed by atoms with Crippen LogP contribution in [0.15, 0.2) is 17.5 Å². The van der Waals surface area contributed by atoms with E-state index in [0.29, 0.717) is 12.1 Å². The van der Waals surface area contributed by atoms with Crippen LogP contribution in [0.1, 0.15) is 35.6 Å². The highest BCUT2D eigenvalue weighted by molar-refractivity contribution is 7.10. The van der Waals surface area contributed by atoms with E-state index in [-0.39, 0.29) is 0 Å². The molecule has 0 bridgehead atoms. The molecule has 1 saturated carbocycles. The lowest BCUT2D eigenvalue weighted by molar-refractivity contribution is 0.00942. The molecule has 0 unspecified atom stereocenters. The van der Waals surface area contributed by atoms with Gasteiger partial charge < -0.3 is 4.74 Å². The van der Waals surface area contributed by atoms with Gasteiger partial charge in [-0.15, -0.1) is 16.4 Å². The third-order valence-corrected chi connectivity index (χ3v) is 5.68. The zero-order valence-electron chi connectivity index (χ0n) is 14.0. The van der Waals surface area contributed by atoms with E-state index >= 15 is 0 Å². The summed E-state index contributed by atoms with van der Waals surface area (Å²) in [7, 11) is 2.16. The number of aromatic nitrogens is 4. The second-order valence-electron chi connectivity index (χ2n) is 6.65. The minimum Gasteiger partial charge on any atom is -0.379 e. The van der Waals surface area contributed by atoms with Gasteiger partial charge in [-0.05, 0) is 41.8 Å². The van der Waals surface area contributed by atoms with E-state index in [4.69, 9.17) is 4.74 Å². The standard InChI is InChI=1S/C16H24N6OS/c1-20(12-16-17-18-19-22(16)13-4-5-13)11-14(15-3-2-10-24-15)21-6-8-23-9-7-21/h2-3,10,13-14H,4-9,11-12H2,1H3/t14-/m0/s1. The van der Waals surface area contributed by atoms with Crippen LogP contribution >= 0.6 is 11.3 Å². The van der Waals surface area contributed by atoms with Gasteiger partial charge >= 0.3 is 0 Å². The predicted molar refractivity (Wildman–Crippen MR) is 91.9 cm³/mol. The minimum atomic E-state index is 0.407. The average Bonchev–Trinajstić information content (AvgIpc) is 3.10. The van der Waals surface area contributed by atoms with Gasteiger partial charge in [-0.2, -0.15) is 0 Å². The number of ether oxygens (including phenoxy) is 1. The maximum absolute atomic E-state index is 5.52. The summed E-state index contributed by atoms with van der Waals surface area (Å²) in [6.45, 7) is 5.40. The number of hydrogen-bond acceptors (Lipinski definition) is 7. The molecule has 1 aliphatic carbocycles. The Morgan fingerprint density at radius 3 is 2.92 bits per heavy atom. The molecule has 2 fully saturated rings. The van der Waals surface area contributed by atoms with Gasteiger partial charge in [0.05, 0.1) is 31.8 Å². The summed E-state index contributed by atoms with van der Waals surface area (Å²) in [5.74, 6) is 0.979. The predicted octanol–water partition coefficient (Wildman–Crippen LogP) is 1.57. The van der Waals surface area contributed by atoms with E-state index in [1.165, 1.54) is 17.7 Å². The third-order valence-electron chi connectivity index (χ3n) is 4.71. The lowest BCUT2D eigenvalue weighted by atomic mass is 10.1. The van der Waals surface area contributed by atoms with Crippen LogP contribution < -0.4 is 0 Å². The maximum Gasteiger partial charge on any atom is 0.165 e. The van der Waals surface area contributed by atoms with Crippen LogP contribution in [0.25, 0.3) is 0 Å². The van der Waals surface area contributed by atoms with Crippen LogP contribution in [-0.4, -0.2) is 69.9 Å². The van der Waals surface area contributed by atoms with Crippen molar-refractivity contribution >= 4 is 11.3 Å². The van der Waals surface area contributed by atoms with Gasteiger partial charge in [0.1, 0.15) is 0 Å². The van der Waals surface area contributed by atoms with Gasteiger partial charge in [-0.3, -0.25) is 9.80 Å². The van der Waals surface area contributed by atoms with Crippen LogP contribution in [0.4, 0.5) is 0 Å². The smallest absolute Gasteiger partial charge is 0.165 e. The zero-order chi connectivity index (χ0) is 16.4. The van der Waals surface area contributed by atoms with Crippen molar-refractivity contribution in [3.8, 4) is 0 Å². The molecule has 1 atom stereocenters. The highest BCUT2D eigenvalue weighted by Gasteiger charge is 2.29. The van der Waals surface area contributed by atoms with Gasteiger partial charge in [0.15, 0.2) is 5.82 Å². The zero-order valence-corrected chi connectivity index (χ0v) is 14.9. The summed E-state index contributed by atoms with van der Waals surface area (Å²) in [5, 5.41) is 14.4. The molecule has 7 nitrogen and oxygen atoms in total. The van der Waals surface area contributed by atoms with Crippen LogP contribution in [0.5, 0.6) is 0 Å². The molecule has 1 aliphatic heterocycles. The fourth-order valence-electron chi connectivity index (χ4n) is 3.28. The molecule has 1 saturated heterocycles. The topological polar surface area (TPSA) is 59.3 Å². The Hall–Kier alpha value is -1.35. The summed E-state index contributed by atoms with van der Waals surface area (Å²) in [4.78, 5) is 6.30. The Bertz CT molecular complexity index is 635. The quantitative estimate of drug-likeness (QED) is 0.757. The van der Waals surface area contributed by atoms with E-state index in [2.05, 4.69) is 49.9 Å². The number of likely N-dealkylation sites (N-methyl/N-ethyl adjacent to an activating group) is 1. The van der Waals surface area contributed by atoms with E-state index in [0.717, 1.165) is 45.2 Å². The van der Waals surface area contributed by atoms with Gasteiger partial charge in [0.25, 0.3) is 0 Å². The largest absolute Gasteiger partial charge is 0.379 e. The first-order valence-corrected chi connectivity index (χ1v) is 9.49. The van der Waals surface area contributed by atoms with Crippen molar-refractivity contribution in [2.45, 2.75) is 31.5 Å². The fourth-order valence-corrected chi connectivity index (χ4v) is 4.13. The molecule has 130 valence electrons. The van der Waals surface area contributed by atoms with Crippen molar-refractivity contribution in [2.75, 3.05) is 39.9 Å². The van der Waals surface area contributed by atoms with Crippen molar-refractivity contribution in [1.82, 2.24) is 30.0 Å². The van der Waals surface area contributed by atoms with Gasteiger partial charge in [-0.1, -0.05) is 6.07 Å². The normalized spacial score (nSPS) is 20.6. The van der Waals surface area contributed by atoms with Crippen molar-refractivity contribution < 1.29 is 4.74 Å². The van der Waals surface area contributed by atoms with Crippen LogP contribution in [0, 0.1) is 0 Å². The summed E-state index contributed by atoms with van der Waals surface area (Å²) in [6, 6.07) is 5.31. The third kappa shape index (κ3) is 3.66. The number of nitrogens with zero attached hydrogens (tertiary/aromatic N) is 6. The first kappa shape index (κ1) is 16.1. The molecule has 2 aromatic rings. The lowest BCUT2D eigenvalue weighted by Gasteiger charge is -2.36. The fraction of sp³-hybridized carbons (Fsp3) is 0.688. The highest BCUT2D eigenvalue weighted by Crippen LogP contribution is 2.34. The molecule has 24 heavy (non-hydrogen) atoms. The molecule has 0 spiro atoms. The monoisotopic (exact) mass is 348 g/mol. The van der Waals surface area contributed by atoms with E-state index < -0.39 is 0 Å². The Kier molecular flexibility index (Phi) is 4.88. The first-order chi connectivity index (χ1) is 11.8. The second kappa shape index (κ2) is 7.26. The van der Waals surface area contributed by atoms with Crippen molar-refractivity contribution in [1.29, 1.82) is 0 Å². The van der Waals surface area contributed by atoms with E-state index in [9.17, 15) is 0 Å². The number of thiophene rings is 1. The molecule has 0 N–H and O–H groups in total. The van der Waals surface area contributed by atoms with Crippen molar-refractivity contribution in [3.63, 3.8) is 0 Å². The van der Waals surface area contributed by atoms with Gasteiger partial charge in [0, 0.05) is 24.5 Å². The highest BCUT2D eigenvalue weighted by atomic mass is 32.1. The summed E-state index contributed by atoms with van der Waals surface area (Å²) in [6.07, 6.45) is 2.40. The maximum atomic E-state index is 5.52. The van der Waals surface area contributed by atoms with Gasteiger partial charge in [-0.25, -0.2) is 4.68 Å². The second-order valence-corrected chi connectivity index (χ2v) is 7.63. The first-order valence-electron chi connectivity index (χ1n) is 8.62. The van der Waals surface area contributed by atoms with E-state index in [1.54, 1.807) is 0 Å². The van der Waals surface area contributed by atoms with Crippen LogP contribution in [-0.2, 0) is 11.3 Å². The Labute approximate surface area is 146 Å².